The predicted molar refractivity (Wildman–Crippen MR) is 71.7 cm³/mol. The topological polar surface area (TPSA) is 34.2 Å². The Kier molecular flexibility index (Phi) is 4.71. The lowest BCUT2D eigenvalue weighted by molar-refractivity contribution is -0.137. The van der Waals surface area contributed by atoms with Crippen molar-refractivity contribution in [1.82, 2.24) is 10.3 Å². The molecule has 7 heteroatoms. The van der Waals surface area contributed by atoms with Gasteiger partial charge in [-0.05, 0) is 32.7 Å². The lowest BCUT2D eigenvalue weighted by atomic mass is 9.87. The maximum atomic E-state index is 12.7. The molecule has 1 aliphatic rings. The zero-order chi connectivity index (χ0) is 14.8. The predicted octanol–water partition coefficient (Wildman–Crippen LogP) is 3.77. The first-order valence-corrected chi connectivity index (χ1v) is 7.59. The highest BCUT2D eigenvalue weighted by atomic mass is 32.1. The van der Waals surface area contributed by atoms with Crippen LogP contribution in [0.3, 0.4) is 0 Å². The van der Waals surface area contributed by atoms with Crippen LogP contribution in [0.1, 0.15) is 49.0 Å². The fourth-order valence-corrected chi connectivity index (χ4v) is 3.56. The number of likely N-dealkylation sites (N-methyl/N-ethyl adjacent to an activating group) is 1. The summed E-state index contributed by atoms with van der Waals surface area (Å²) in [6.45, 7) is 5.23. The van der Waals surface area contributed by atoms with Crippen molar-refractivity contribution in [1.29, 1.82) is 0 Å². The molecule has 0 spiro atoms. The molecule has 2 rings (SSSR count). The summed E-state index contributed by atoms with van der Waals surface area (Å²) < 4.78 is 43.9. The fourth-order valence-electron chi connectivity index (χ4n) is 2.56. The number of aromatic nitrogens is 1. The Morgan fingerprint density at radius 3 is 2.75 bits per heavy atom. The lowest BCUT2D eigenvalue weighted by Crippen LogP contribution is -2.45. The molecule has 0 bridgehead atoms. The minimum atomic E-state index is -4.38. The van der Waals surface area contributed by atoms with Gasteiger partial charge in [0, 0.05) is 17.7 Å². The summed E-state index contributed by atoms with van der Waals surface area (Å²) in [5, 5.41) is 2.46. The van der Waals surface area contributed by atoms with E-state index in [2.05, 4.69) is 10.3 Å². The Bertz CT molecular complexity index is 441. The van der Waals surface area contributed by atoms with Crippen molar-refractivity contribution in [2.45, 2.75) is 50.9 Å². The van der Waals surface area contributed by atoms with Crippen molar-refractivity contribution < 1.29 is 17.9 Å². The van der Waals surface area contributed by atoms with Gasteiger partial charge < -0.3 is 10.1 Å². The quantitative estimate of drug-likeness (QED) is 0.919. The Morgan fingerprint density at radius 2 is 2.25 bits per heavy atom. The van der Waals surface area contributed by atoms with Gasteiger partial charge in [0.15, 0.2) is 5.01 Å². The highest BCUT2D eigenvalue weighted by Gasteiger charge is 2.41. The second-order valence-electron chi connectivity index (χ2n) is 5.17. The molecule has 0 aromatic carbocycles. The van der Waals surface area contributed by atoms with E-state index in [1.807, 2.05) is 13.8 Å². The standard InChI is InChI=1S/C13H19F3N2OS/c1-3-17-10(12(2)6-4-5-7-19-12)9-8-18-11(20-9)13(14,15)16/h8,10,17H,3-7H2,1-2H3. The number of hydrogen-bond acceptors (Lipinski definition) is 4. The van der Waals surface area contributed by atoms with E-state index in [0.717, 1.165) is 19.3 Å². The Hall–Kier alpha value is -0.660. The number of rotatable bonds is 4. The summed E-state index contributed by atoms with van der Waals surface area (Å²) in [6.07, 6.45) is -0.184. The number of thiazole rings is 1. The molecule has 3 nitrogen and oxygen atoms in total. The van der Waals surface area contributed by atoms with E-state index in [1.54, 1.807) is 0 Å². The molecule has 1 aliphatic heterocycles. The molecular weight excluding hydrogens is 289 g/mol. The van der Waals surface area contributed by atoms with Gasteiger partial charge in [0.1, 0.15) is 0 Å². The van der Waals surface area contributed by atoms with Crippen LogP contribution in [0.4, 0.5) is 13.2 Å². The summed E-state index contributed by atoms with van der Waals surface area (Å²) in [5.41, 5.74) is -0.469. The van der Waals surface area contributed by atoms with Crippen LogP contribution in [0, 0.1) is 0 Å². The highest BCUT2D eigenvalue weighted by Crippen LogP contribution is 2.41. The van der Waals surface area contributed by atoms with Crippen LogP contribution < -0.4 is 5.32 Å². The SMILES string of the molecule is CCNC(c1cnc(C(F)(F)F)s1)C1(C)CCCCO1. The molecule has 0 amide bonds. The fraction of sp³-hybridized carbons (Fsp3) is 0.769. The molecule has 114 valence electrons. The van der Waals surface area contributed by atoms with E-state index in [-0.39, 0.29) is 6.04 Å². The third kappa shape index (κ3) is 3.32. The number of alkyl halides is 3. The second kappa shape index (κ2) is 5.99. The molecule has 1 fully saturated rings. The van der Waals surface area contributed by atoms with Crippen molar-refractivity contribution in [3.8, 4) is 0 Å². The summed E-state index contributed by atoms with van der Waals surface area (Å²) in [6, 6.07) is -0.249. The van der Waals surface area contributed by atoms with E-state index in [9.17, 15) is 13.2 Å². The number of halogens is 3. The van der Waals surface area contributed by atoms with E-state index in [4.69, 9.17) is 4.74 Å². The first kappa shape index (κ1) is 15.7. The monoisotopic (exact) mass is 308 g/mol. The number of nitrogens with one attached hydrogen (secondary N) is 1. The van der Waals surface area contributed by atoms with E-state index in [1.165, 1.54) is 6.20 Å². The molecule has 1 saturated heterocycles. The van der Waals surface area contributed by atoms with Crippen LogP contribution in [-0.4, -0.2) is 23.7 Å². The number of hydrogen-bond donors (Lipinski definition) is 1. The largest absolute Gasteiger partial charge is 0.443 e. The van der Waals surface area contributed by atoms with Crippen LogP contribution in [0.2, 0.25) is 0 Å². The number of nitrogens with zero attached hydrogens (tertiary/aromatic N) is 1. The number of ether oxygens (including phenoxy) is 1. The third-order valence-electron chi connectivity index (χ3n) is 3.57. The second-order valence-corrected chi connectivity index (χ2v) is 6.24. The minimum absolute atomic E-state index is 0.249. The van der Waals surface area contributed by atoms with Crippen LogP contribution >= 0.6 is 11.3 Å². The zero-order valence-electron chi connectivity index (χ0n) is 11.6. The average Bonchev–Trinajstić information content (AvgIpc) is 2.85. The smallest absolute Gasteiger partial charge is 0.373 e. The van der Waals surface area contributed by atoms with Gasteiger partial charge in [-0.1, -0.05) is 6.92 Å². The van der Waals surface area contributed by atoms with Gasteiger partial charge in [-0.2, -0.15) is 13.2 Å². The van der Waals surface area contributed by atoms with Crippen LogP contribution in [0.5, 0.6) is 0 Å². The van der Waals surface area contributed by atoms with Crippen LogP contribution in [0.15, 0.2) is 6.20 Å². The molecule has 1 N–H and O–H groups in total. The van der Waals surface area contributed by atoms with Crippen LogP contribution in [-0.2, 0) is 10.9 Å². The zero-order valence-corrected chi connectivity index (χ0v) is 12.4. The molecular formula is C13H19F3N2OS. The molecule has 2 atom stereocenters. The van der Waals surface area contributed by atoms with Gasteiger partial charge >= 0.3 is 6.18 Å². The molecule has 0 aliphatic carbocycles. The normalized spacial score (nSPS) is 25.6. The van der Waals surface area contributed by atoms with Crippen molar-refractivity contribution in [2.75, 3.05) is 13.2 Å². The van der Waals surface area contributed by atoms with E-state index < -0.39 is 16.8 Å². The third-order valence-corrected chi connectivity index (χ3v) is 4.68. The lowest BCUT2D eigenvalue weighted by Gasteiger charge is -2.40. The highest BCUT2D eigenvalue weighted by molar-refractivity contribution is 7.11. The van der Waals surface area contributed by atoms with Crippen LogP contribution in [0.25, 0.3) is 0 Å². The molecule has 20 heavy (non-hydrogen) atoms. The average molecular weight is 308 g/mol. The minimum Gasteiger partial charge on any atom is -0.373 e. The molecule has 0 radical (unpaired) electrons. The summed E-state index contributed by atoms with van der Waals surface area (Å²) in [5.74, 6) is 0. The molecule has 0 saturated carbocycles. The first-order valence-electron chi connectivity index (χ1n) is 6.77. The first-order chi connectivity index (χ1) is 9.37. The van der Waals surface area contributed by atoms with Crippen molar-refractivity contribution in [3.63, 3.8) is 0 Å². The maximum absolute atomic E-state index is 12.7. The summed E-state index contributed by atoms with van der Waals surface area (Å²) in [7, 11) is 0. The molecule has 1 aromatic rings. The van der Waals surface area contributed by atoms with Gasteiger partial charge in [-0.15, -0.1) is 11.3 Å². The van der Waals surface area contributed by atoms with E-state index >= 15 is 0 Å². The molecule has 1 aromatic heterocycles. The molecule has 2 heterocycles. The summed E-state index contributed by atoms with van der Waals surface area (Å²) >= 11 is 0.701. The van der Waals surface area contributed by atoms with Gasteiger partial charge in [0.25, 0.3) is 0 Å². The van der Waals surface area contributed by atoms with Crippen molar-refractivity contribution >= 4 is 11.3 Å². The van der Waals surface area contributed by atoms with E-state index in [0.29, 0.717) is 29.4 Å². The summed E-state index contributed by atoms with van der Waals surface area (Å²) in [4.78, 5) is 4.10. The Morgan fingerprint density at radius 1 is 1.50 bits per heavy atom. The Balaban J connectivity index is 2.26. The van der Waals surface area contributed by atoms with Crippen molar-refractivity contribution in [2.24, 2.45) is 0 Å². The van der Waals surface area contributed by atoms with Crippen molar-refractivity contribution in [3.05, 3.63) is 16.1 Å². The molecule has 2 unspecified atom stereocenters. The Labute approximate surface area is 120 Å². The maximum Gasteiger partial charge on any atom is 0.443 e. The van der Waals surface area contributed by atoms with Gasteiger partial charge in [0.2, 0.25) is 0 Å². The van der Waals surface area contributed by atoms with Gasteiger partial charge in [0.05, 0.1) is 11.6 Å². The van der Waals surface area contributed by atoms with Gasteiger partial charge in [-0.3, -0.25) is 0 Å². The van der Waals surface area contributed by atoms with Gasteiger partial charge in [-0.25, -0.2) is 4.98 Å².